The van der Waals surface area contributed by atoms with Crippen LogP contribution in [0.2, 0.25) is 0 Å². The zero-order chi connectivity index (χ0) is 19.1. The largest absolute Gasteiger partial charge is 0.473 e. The van der Waals surface area contributed by atoms with Gasteiger partial charge in [0.2, 0.25) is 11.8 Å². The van der Waals surface area contributed by atoms with Crippen LogP contribution in [0.4, 0.5) is 5.69 Å². The maximum absolute atomic E-state index is 11.8. The molecule has 1 saturated heterocycles. The first-order valence-electron chi connectivity index (χ1n) is 7.53. The fourth-order valence-corrected chi connectivity index (χ4v) is 2.17. The van der Waals surface area contributed by atoms with E-state index in [1.54, 1.807) is 25.4 Å². The second kappa shape index (κ2) is 8.67. The van der Waals surface area contributed by atoms with Crippen molar-refractivity contribution in [1.82, 2.24) is 20.0 Å². The minimum Gasteiger partial charge on any atom is -0.473 e. The summed E-state index contributed by atoms with van der Waals surface area (Å²) < 4.78 is 5.12. The standard InChI is InChI=1S/C13H15N5O2.C2H2O4/c1-9-15-13(20-17-9)10-6-18(7-10)8-12(19)16-11-3-2-4-14-5-11;3-1(4)2(5)6/h2-5,10H,6-8H2,1H3,(H,16,19);(H,3,4)(H,5,6). The molecule has 11 heteroatoms. The highest BCUT2D eigenvalue weighted by molar-refractivity contribution is 6.27. The molecule has 138 valence electrons. The average molecular weight is 363 g/mol. The lowest BCUT2D eigenvalue weighted by molar-refractivity contribution is -0.159. The van der Waals surface area contributed by atoms with Crippen molar-refractivity contribution in [3.63, 3.8) is 0 Å². The Balaban J connectivity index is 0.000000352. The van der Waals surface area contributed by atoms with Gasteiger partial charge in [-0.3, -0.25) is 14.7 Å². The van der Waals surface area contributed by atoms with Crippen LogP contribution in [-0.4, -0.2) is 67.7 Å². The summed E-state index contributed by atoms with van der Waals surface area (Å²) in [6, 6.07) is 3.60. The molecule has 0 unspecified atom stereocenters. The van der Waals surface area contributed by atoms with Crippen LogP contribution >= 0.6 is 0 Å². The molecule has 3 rings (SSSR count). The van der Waals surface area contributed by atoms with E-state index in [-0.39, 0.29) is 11.8 Å². The fourth-order valence-electron chi connectivity index (χ4n) is 2.17. The molecule has 0 bridgehead atoms. The molecule has 0 saturated carbocycles. The quantitative estimate of drug-likeness (QED) is 0.629. The number of hydrogen-bond donors (Lipinski definition) is 3. The highest BCUT2D eigenvalue weighted by Crippen LogP contribution is 2.25. The SMILES string of the molecule is Cc1noc(C2CN(CC(=O)Nc3cccnc3)C2)n1.O=C(O)C(=O)O. The summed E-state index contributed by atoms with van der Waals surface area (Å²) in [5.74, 6) is -2.15. The molecule has 1 aliphatic heterocycles. The first kappa shape index (κ1) is 19.0. The maximum Gasteiger partial charge on any atom is 0.414 e. The van der Waals surface area contributed by atoms with Crippen LogP contribution in [0.15, 0.2) is 29.0 Å². The smallest absolute Gasteiger partial charge is 0.414 e. The van der Waals surface area contributed by atoms with Crippen molar-refractivity contribution < 1.29 is 29.1 Å². The van der Waals surface area contributed by atoms with Gasteiger partial charge < -0.3 is 20.1 Å². The number of aromatic nitrogens is 3. The van der Waals surface area contributed by atoms with Gasteiger partial charge in [-0.2, -0.15) is 4.98 Å². The van der Waals surface area contributed by atoms with E-state index in [1.165, 1.54) is 0 Å². The lowest BCUT2D eigenvalue weighted by Gasteiger charge is -2.36. The number of amides is 1. The first-order chi connectivity index (χ1) is 12.3. The van der Waals surface area contributed by atoms with Gasteiger partial charge in [-0.15, -0.1) is 0 Å². The number of aliphatic carboxylic acids is 2. The van der Waals surface area contributed by atoms with E-state index in [2.05, 4.69) is 20.4 Å². The van der Waals surface area contributed by atoms with Gasteiger partial charge in [0.15, 0.2) is 5.82 Å². The second-order valence-electron chi connectivity index (χ2n) is 5.47. The van der Waals surface area contributed by atoms with E-state index in [0.29, 0.717) is 23.9 Å². The van der Waals surface area contributed by atoms with E-state index in [4.69, 9.17) is 24.3 Å². The molecule has 2 aromatic rings. The van der Waals surface area contributed by atoms with E-state index < -0.39 is 11.9 Å². The summed E-state index contributed by atoms with van der Waals surface area (Å²) in [5.41, 5.74) is 0.710. The van der Waals surface area contributed by atoms with Crippen LogP contribution in [0.5, 0.6) is 0 Å². The van der Waals surface area contributed by atoms with Crippen LogP contribution in [-0.2, 0) is 14.4 Å². The predicted octanol–water partition coefficient (Wildman–Crippen LogP) is -0.0335. The third kappa shape index (κ3) is 5.63. The first-order valence-corrected chi connectivity index (χ1v) is 7.53. The number of nitrogens with zero attached hydrogens (tertiary/aromatic N) is 4. The number of pyridine rings is 1. The summed E-state index contributed by atoms with van der Waals surface area (Å²) >= 11 is 0. The molecule has 3 heterocycles. The minimum absolute atomic E-state index is 0.0434. The summed E-state index contributed by atoms with van der Waals surface area (Å²) in [7, 11) is 0. The third-order valence-electron chi connectivity index (χ3n) is 3.35. The Morgan fingerprint density at radius 3 is 2.50 bits per heavy atom. The number of carboxylic acid groups (broad SMARTS) is 2. The number of nitrogens with one attached hydrogen (secondary N) is 1. The number of carbonyl (C=O) groups excluding carboxylic acids is 1. The van der Waals surface area contributed by atoms with Crippen LogP contribution in [0.3, 0.4) is 0 Å². The van der Waals surface area contributed by atoms with E-state index in [0.717, 1.165) is 13.1 Å². The van der Waals surface area contributed by atoms with Gasteiger partial charge in [-0.1, -0.05) is 5.16 Å². The fraction of sp³-hybridized carbons (Fsp3) is 0.333. The zero-order valence-corrected chi connectivity index (χ0v) is 13.8. The molecule has 0 aromatic carbocycles. The number of rotatable bonds is 4. The molecule has 0 spiro atoms. The van der Waals surface area contributed by atoms with Crippen molar-refractivity contribution in [3.05, 3.63) is 36.2 Å². The Labute approximate surface area is 147 Å². The van der Waals surface area contributed by atoms with Crippen molar-refractivity contribution in [2.24, 2.45) is 0 Å². The van der Waals surface area contributed by atoms with Crippen molar-refractivity contribution in [1.29, 1.82) is 0 Å². The molecule has 26 heavy (non-hydrogen) atoms. The normalized spacial score (nSPS) is 13.9. The summed E-state index contributed by atoms with van der Waals surface area (Å²) in [6.07, 6.45) is 3.29. The van der Waals surface area contributed by atoms with Crippen LogP contribution in [0, 0.1) is 6.92 Å². The van der Waals surface area contributed by atoms with Crippen LogP contribution < -0.4 is 5.32 Å². The Bertz CT molecular complexity index is 760. The Morgan fingerprint density at radius 1 is 1.31 bits per heavy atom. The van der Waals surface area contributed by atoms with Gasteiger partial charge in [-0.25, -0.2) is 9.59 Å². The zero-order valence-electron chi connectivity index (χ0n) is 13.8. The topological polar surface area (TPSA) is 159 Å². The highest BCUT2D eigenvalue weighted by Gasteiger charge is 2.33. The van der Waals surface area contributed by atoms with Crippen molar-refractivity contribution in [3.8, 4) is 0 Å². The lowest BCUT2D eigenvalue weighted by atomic mass is 10.0. The molecule has 0 radical (unpaired) electrons. The number of carboxylic acids is 2. The second-order valence-corrected chi connectivity index (χ2v) is 5.47. The van der Waals surface area contributed by atoms with Crippen LogP contribution in [0.25, 0.3) is 0 Å². The number of hydrogen-bond acceptors (Lipinski definition) is 8. The van der Waals surface area contributed by atoms with Crippen molar-refractivity contribution in [2.75, 3.05) is 25.0 Å². The molecular weight excluding hydrogens is 346 g/mol. The molecule has 3 N–H and O–H groups in total. The molecule has 11 nitrogen and oxygen atoms in total. The van der Waals surface area contributed by atoms with Gasteiger partial charge >= 0.3 is 11.9 Å². The summed E-state index contributed by atoms with van der Waals surface area (Å²) in [5, 5.41) is 21.4. The monoisotopic (exact) mass is 363 g/mol. The van der Waals surface area contributed by atoms with Crippen LogP contribution in [0.1, 0.15) is 17.6 Å². The van der Waals surface area contributed by atoms with E-state index in [9.17, 15) is 4.79 Å². The van der Waals surface area contributed by atoms with Crippen molar-refractivity contribution in [2.45, 2.75) is 12.8 Å². The molecule has 1 amide bonds. The van der Waals surface area contributed by atoms with Gasteiger partial charge in [0, 0.05) is 19.3 Å². The average Bonchev–Trinajstić information content (AvgIpc) is 2.98. The minimum atomic E-state index is -1.82. The Kier molecular flexibility index (Phi) is 6.33. The Morgan fingerprint density at radius 2 is 2.00 bits per heavy atom. The molecule has 2 aromatic heterocycles. The Hall–Kier alpha value is -3.34. The van der Waals surface area contributed by atoms with E-state index in [1.807, 2.05) is 11.0 Å². The third-order valence-corrected chi connectivity index (χ3v) is 3.35. The number of likely N-dealkylation sites (tertiary alicyclic amines) is 1. The highest BCUT2D eigenvalue weighted by atomic mass is 16.5. The van der Waals surface area contributed by atoms with E-state index >= 15 is 0 Å². The number of anilines is 1. The summed E-state index contributed by atoms with van der Waals surface area (Å²) in [4.78, 5) is 40.2. The number of aryl methyl sites for hydroxylation is 1. The molecule has 0 atom stereocenters. The molecule has 0 aliphatic carbocycles. The molecule has 1 fully saturated rings. The maximum atomic E-state index is 11.8. The molecular formula is C15H17N5O6. The van der Waals surface area contributed by atoms with Gasteiger partial charge in [-0.05, 0) is 19.1 Å². The lowest BCUT2D eigenvalue weighted by Crippen LogP contribution is -2.48. The number of carbonyl (C=O) groups is 3. The van der Waals surface area contributed by atoms with Crippen molar-refractivity contribution >= 4 is 23.5 Å². The van der Waals surface area contributed by atoms with Gasteiger partial charge in [0.25, 0.3) is 0 Å². The predicted molar refractivity (Wildman–Crippen MR) is 86.4 cm³/mol. The van der Waals surface area contributed by atoms with Gasteiger partial charge in [0.05, 0.1) is 24.3 Å². The van der Waals surface area contributed by atoms with Gasteiger partial charge in [0.1, 0.15) is 0 Å². The molecule has 1 aliphatic rings. The summed E-state index contributed by atoms with van der Waals surface area (Å²) in [6.45, 7) is 3.69.